The van der Waals surface area contributed by atoms with Crippen molar-refractivity contribution in [1.29, 1.82) is 0 Å². The zero-order chi connectivity index (χ0) is 14.0. The van der Waals surface area contributed by atoms with E-state index in [-0.39, 0.29) is 24.2 Å². The summed E-state index contributed by atoms with van der Waals surface area (Å²) in [4.78, 5) is 15.5. The Hall–Kier alpha value is -2.43. The molecule has 2 aromatic heterocycles. The number of nitrogens with one attached hydrogen (secondary N) is 1. The Morgan fingerprint density at radius 3 is 2.84 bits per heavy atom. The fraction of sp³-hybridized carbons (Fsp3) is 0.250. The Morgan fingerprint density at radius 1 is 1.53 bits per heavy atom. The molecule has 0 aliphatic carbocycles. The summed E-state index contributed by atoms with van der Waals surface area (Å²) in [7, 11) is -3.43. The number of carbonyl (C=O) groups excluding carboxylic acids is 1. The maximum Gasteiger partial charge on any atom is 0.255 e. The van der Waals surface area contributed by atoms with E-state index in [9.17, 15) is 13.2 Å². The fourth-order valence-corrected chi connectivity index (χ4v) is 1.83. The van der Waals surface area contributed by atoms with E-state index in [1.807, 2.05) is 0 Å². The van der Waals surface area contributed by atoms with Crippen LogP contribution < -0.4 is 10.5 Å². The Labute approximate surface area is 108 Å². The number of nitrogens with two attached hydrogens (primary N) is 1. The smallest absolute Gasteiger partial charge is 0.255 e. The maximum atomic E-state index is 11.8. The van der Waals surface area contributed by atoms with Gasteiger partial charge >= 0.3 is 0 Å². The average molecular weight is 285 g/mol. The van der Waals surface area contributed by atoms with Crippen LogP contribution >= 0.6 is 0 Å². The first-order valence-electron chi connectivity index (χ1n) is 5.05. The third-order valence-corrected chi connectivity index (χ3v) is 2.64. The number of hydrogen-bond acceptors (Lipinski definition) is 7. The molecule has 0 amide bonds. The lowest BCUT2D eigenvalue weighted by atomic mass is 10.5. The highest BCUT2D eigenvalue weighted by molar-refractivity contribution is 7.92. The molecule has 0 saturated heterocycles. The Kier molecular flexibility index (Phi) is 3.21. The third kappa shape index (κ3) is 3.28. The zero-order valence-corrected chi connectivity index (χ0v) is 10.7. The molecular weight excluding hydrogens is 274 g/mol. The minimum atomic E-state index is -3.43. The maximum absolute atomic E-state index is 11.8. The number of anilines is 2. The molecule has 0 radical (unpaired) electrons. The van der Waals surface area contributed by atoms with Crippen molar-refractivity contribution in [2.45, 2.75) is 6.54 Å². The molecule has 10 nitrogen and oxygen atoms in total. The molecule has 0 spiro atoms. The van der Waals surface area contributed by atoms with E-state index in [0.29, 0.717) is 0 Å². The van der Waals surface area contributed by atoms with Crippen LogP contribution in [0.3, 0.4) is 0 Å². The monoisotopic (exact) mass is 285 g/mol. The molecule has 0 aromatic carbocycles. The van der Waals surface area contributed by atoms with Gasteiger partial charge in [0.25, 0.3) is 5.91 Å². The van der Waals surface area contributed by atoms with Crippen molar-refractivity contribution in [3.8, 4) is 0 Å². The van der Waals surface area contributed by atoms with Gasteiger partial charge in [-0.1, -0.05) is 5.21 Å². The Morgan fingerprint density at radius 2 is 2.26 bits per heavy atom. The number of imidazole rings is 1. The molecule has 2 aromatic rings. The second-order valence-electron chi connectivity index (χ2n) is 3.72. The highest BCUT2D eigenvalue weighted by Gasteiger charge is 2.12. The summed E-state index contributed by atoms with van der Waals surface area (Å²) < 4.78 is 26.5. The largest absolute Gasteiger partial charge is 0.369 e. The van der Waals surface area contributed by atoms with Crippen LogP contribution in [0.4, 0.5) is 11.8 Å². The molecule has 0 unspecified atom stereocenters. The van der Waals surface area contributed by atoms with Crippen LogP contribution in [0, 0.1) is 0 Å². The molecule has 0 saturated carbocycles. The van der Waals surface area contributed by atoms with Crippen molar-refractivity contribution in [3.63, 3.8) is 0 Å². The number of carbonyl (C=O) groups is 1. The van der Waals surface area contributed by atoms with Gasteiger partial charge in [-0.2, -0.15) is 0 Å². The van der Waals surface area contributed by atoms with Gasteiger partial charge < -0.3 is 5.73 Å². The quantitative estimate of drug-likeness (QED) is 0.717. The molecule has 0 atom stereocenters. The van der Waals surface area contributed by atoms with Crippen molar-refractivity contribution in [1.82, 2.24) is 24.5 Å². The summed E-state index contributed by atoms with van der Waals surface area (Å²) in [5.74, 6) is -0.265. The second kappa shape index (κ2) is 4.68. The number of nitrogens with zero attached hydrogens (tertiary/aromatic N) is 5. The SMILES string of the molecule is CS(=O)(=O)Nc1cn(CC(=O)n2ccnc2N)nn1. The predicted molar refractivity (Wildman–Crippen MR) is 65.8 cm³/mol. The van der Waals surface area contributed by atoms with Crippen molar-refractivity contribution in [3.05, 3.63) is 18.6 Å². The molecule has 0 aliphatic rings. The Bertz CT molecular complexity index is 702. The molecule has 3 N–H and O–H groups in total. The highest BCUT2D eigenvalue weighted by Crippen LogP contribution is 2.04. The van der Waals surface area contributed by atoms with Crippen LogP contribution in [0.1, 0.15) is 4.79 Å². The van der Waals surface area contributed by atoms with Gasteiger partial charge in [0.05, 0.1) is 12.5 Å². The predicted octanol–water partition coefficient (Wildman–Crippen LogP) is -1.23. The van der Waals surface area contributed by atoms with Crippen LogP contribution in [0.5, 0.6) is 0 Å². The summed E-state index contributed by atoms with van der Waals surface area (Å²) in [6.45, 7) is -0.140. The Balaban J connectivity index is 2.09. The number of hydrogen-bond donors (Lipinski definition) is 2. The molecule has 0 fully saturated rings. The standard InChI is InChI=1S/C8H11N7O3S/c1-19(17,18)12-6-4-14(13-11-6)5-7(16)15-3-2-10-8(15)9/h2-4,12H,5H2,1H3,(H2,9,10). The molecule has 11 heteroatoms. The first-order chi connectivity index (χ1) is 8.85. The van der Waals surface area contributed by atoms with E-state index in [1.54, 1.807) is 0 Å². The van der Waals surface area contributed by atoms with Crippen LogP contribution in [-0.2, 0) is 16.6 Å². The molecule has 2 heterocycles. The fourth-order valence-electron chi connectivity index (χ4n) is 1.35. The van der Waals surface area contributed by atoms with Gasteiger partial charge in [-0.3, -0.25) is 14.1 Å². The minimum Gasteiger partial charge on any atom is -0.369 e. The van der Waals surface area contributed by atoms with Crippen LogP contribution in [0.25, 0.3) is 0 Å². The molecule has 19 heavy (non-hydrogen) atoms. The van der Waals surface area contributed by atoms with Crippen molar-refractivity contribution in [2.24, 2.45) is 0 Å². The molecule has 0 bridgehead atoms. The first-order valence-corrected chi connectivity index (χ1v) is 6.94. The number of aromatic nitrogens is 5. The minimum absolute atomic E-state index is 0.0360. The summed E-state index contributed by atoms with van der Waals surface area (Å²) in [6, 6.07) is 0. The molecular formula is C8H11N7O3S. The van der Waals surface area contributed by atoms with Crippen LogP contribution in [0.15, 0.2) is 18.6 Å². The van der Waals surface area contributed by atoms with E-state index in [1.165, 1.54) is 23.3 Å². The van der Waals surface area contributed by atoms with Crippen molar-refractivity contribution in [2.75, 3.05) is 16.7 Å². The summed E-state index contributed by atoms with van der Waals surface area (Å²) in [6.07, 6.45) is 5.10. The number of rotatable bonds is 4. The van der Waals surface area contributed by atoms with Gasteiger partial charge in [-0.15, -0.1) is 5.10 Å². The van der Waals surface area contributed by atoms with Gasteiger partial charge in [-0.05, 0) is 0 Å². The van der Waals surface area contributed by atoms with Crippen molar-refractivity contribution < 1.29 is 13.2 Å². The molecule has 2 rings (SSSR count). The second-order valence-corrected chi connectivity index (χ2v) is 5.47. The third-order valence-electron chi connectivity index (χ3n) is 2.06. The van der Waals surface area contributed by atoms with Gasteiger partial charge in [0.15, 0.2) is 5.82 Å². The lowest BCUT2D eigenvalue weighted by molar-refractivity contribution is 0.0888. The van der Waals surface area contributed by atoms with Gasteiger partial charge in [0.1, 0.15) is 6.54 Å². The normalized spacial score (nSPS) is 11.4. The van der Waals surface area contributed by atoms with Crippen molar-refractivity contribution >= 4 is 27.7 Å². The topological polar surface area (TPSA) is 138 Å². The molecule has 0 aliphatic heterocycles. The first kappa shape index (κ1) is 13.0. The lowest BCUT2D eigenvalue weighted by Crippen LogP contribution is -2.19. The van der Waals surface area contributed by atoms with Gasteiger partial charge in [0.2, 0.25) is 16.0 Å². The van der Waals surface area contributed by atoms with E-state index in [2.05, 4.69) is 20.0 Å². The molecule has 102 valence electrons. The van der Waals surface area contributed by atoms with E-state index in [0.717, 1.165) is 10.8 Å². The highest BCUT2D eigenvalue weighted by atomic mass is 32.2. The number of nitrogen functional groups attached to an aromatic ring is 1. The lowest BCUT2D eigenvalue weighted by Gasteiger charge is -2.02. The summed E-state index contributed by atoms with van der Waals surface area (Å²) in [5, 5.41) is 7.20. The van der Waals surface area contributed by atoms with E-state index < -0.39 is 10.0 Å². The van der Waals surface area contributed by atoms with Gasteiger partial charge in [0, 0.05) is 12.4 Å². The van der Waals surface area contributed by atoms with E-state index in [4.69, 9.17) is 5.73 Å². The van der Waals surface area contributed by atoms with E-state index >= 15 is 0 Å². The summed E-state index contributed by atoms with van der Waals surface area (Å²) >= 11 is 0. The average Bonchev–Trinajstić information content (AvgIpc) is 2.85. The van der Waals surface area contributed by atoms with Gasteiger partial charge in [-0.25, -0.2) is 18.1 Å². The van der Waals surface area contributed by atoms with Crippen LogP contribution in [0.2, 0.25) is 0 Å². The number of sulfonamides is 1. The summed E-state index contributed by atoms with van der Waals surface area (Å²) in [5.41, 5.74) is 5.48. The zero-order valence-electron chi connectivity index (χ0n) is 9.89. The van der Waals surface area contributed by atoms with Crippen LogP contribution in [-0.4, -0.2) is 45.1 Å².